The maximum Gasteiger partial charge on any atom is 0.172 e. The molecule has 0 unspecified atom stereocenters. The van der Waals surface area contributed by atoms with Crippen LogP contribution in [0, 0.1) is 0 Å². The first-order valence-corrected chi connectivity index (χ1v) is 13.8. The van der Waals surface area contributed by atoms with Crippen LogP contribution in [0.5, 0.6) is 0 Å². The average molecular weight is 417 g/mol. The van der Waals surface area contributed by atoms with E-state index in [0.29, 0.717) is 0 Å². The molecule has 0 bridgehead atoms. The van der Waals surface area contributed by atoms with E-state index >= 15 is 0 Å². The predicted octanol–water partition coefficient (Wildman–Crippen LogP) is 9.14. The molecule has 0 atom stereocenters. The van der Waals surface area contributed by atoms with Gasteiger partial charge < -0.3 is 0 Å². The Kier molecular flexibility index (Phi) is 18.2. The molecule has 0 aliphatic rings. The quantitative estimate of drug-likeness (QED) is 0.139. The maximum absolute atomic E-state index is 2.50. The average Bonchev–Trinajstić information content (AvgIpc) is 2.76. The topological polar surface area (TPSA) is 3.88 Å². The molecule has 0 aliphatic heterocycles. The number of nitrogens with zero attached hydrogens (tertiary/aromatic N) is 1. The minimum Gasteiger partial charge on any atom is -0.205 e. The third-order valence-corrected chi connectivity index (χ3v) is 6.57. The summed E-state index contributed by atoms with van der Waals surface area (Å²) in [5.74, 6) is 0. The molecular formula is C29H54N+. The molecule has 0 aliphatic carbocycles. The first kappa shape index (κ1) is 27.2. The zero-order chi connectivity index (χ0) is 21.7. The van der Waals surface area contributed by atoms with Crippen molar-refractivity contribution in [2.24, 2.45) is 0 Å². The molecule has 0 fully saturated rings. The fourth-order valence-corrected chi connectivity index (χ4v) is 4.49. The van der Waals surface area contributed by atoms with Gasteiger partial charge in [-0.15, -0.1) is 0 Å². The summed E-state index contributed by atoms with van der Waals surface area (Å²) in [6.07, 6.45) is 32.5. The maximum atomic E-state index is 2.50. The Morgan fingerprint density at radius 2 is 0.933 bits per heavy atom. The van der Waals surface area contributed by atoms with Gasteiger partial charge in [0.05, 0.1) is 0 Å². The van der Waals surface area contributed by atoms with Crippen molar-refractivity contribution in [3.8, 4) is 0 Å². The Hall–Kier alpha value is -0.850. The van der Waals surface area contributed by atoms with Crippen molar-refractivity contribution < 1.29 is 4.57 Å². The third-order valence-electron chi connectivity index (χ3n) is 6.57. The number of hydrogen-bond acceptors (Lipinski definition) is 0. The molecule has 0 amide bonds. The van der Waals surface area contributed by atoms with Gasteiger partial charge in [-0.3, -0.25) is 0 Å². The Bertz CT molecular complexity index is 493. The van der Waals surface area contributed by atoms with Crippen LogP contribution in [0.3, 0.4) is 0 Å². The Balaban J connectivity index is 2.48. The fourth-order valence-electron chi connectivity index (χ4n) is 4.49. The largest absolute Gasteiger partial charge is 0.205 e. The molecule has 0 aromatic carbocycles. The van der Waals surface area contributed by atoms with E-state index < -0.39 is 0 Å². The molecule has 1 rings (SSSR count). The number of rotatable bonds is 21. The summed E-state index contributed by atoms with van der Waals surface area (Å²) in [6.45, 7) is 8.11. The van der Waals surface area contributed by atoms with Crippen molar-refractivity contribution in [3.05, 3.63) is 29.6 Å². The molecule has 1 aromatic heterocycles. The molecule has 1 nitrogen and oxygen atoms in total. The summed E-state index contributed by atoms with van der Waals surface area (Å²) in [4.78, 5) is 0. The SMILES string of the molecule is CCCCCCCCc1cc[n+](CCCCCCCC)cc1CCCCCCCC. The lowest BCUT2D eigenvalue weighted by molar-refractivity contribution is -0.697. The zero-order valence-corrected chi connectivity index (χ0v) is 21.0. The van der Waals surface area contributed by atoms with Gasteiger partial charge in [0.15, 0.2) is 12.4 Å². The molecule has 0 N–H and O–H groups in total. The summed E-state index contributed by atoms with van der Waals surface area (Å²) < 4.78 is 2.48. The number of hydrogen-bond donors (Lipinski definition) is 0. The third kappa shape index (κ3) is 14.2. The van der Waals surface area contributed by atoms with Crippen molar-refractivity contribution in [1.29, 1.82) is 0 Å². The fraction of sp³-hybridized carbons (Fsp3) is 0.828. The first-order chi connectivity index (χ1) is 14.8. The monoisotopic (exact) mass is 416 g/mol. The van der Waals surface area contributed by atoms with Crippen molar-refractivity contribution in [1.82, 2.24) is 0 Å². The van der Waals surface area contributed by atoms with E-state index in [9.17, 15) is 0 Å². The van der Waals surface area contributed by atoms with Gasteiger partial charge in [-0.25, -0.2) is 4.57 Å². The van der Waals surface area contributed by atoms with Gasteiger partial charge in [-0.05, 0) is 37.7 Å². The van der Waals surface area contributed by atoms with Gasteiger partial charge in [-0.2, -0.15) is 0 Å². The number of aryl methyl sites for hydroxylation is 3. The molecule has 0 radical (unpaired) electrons. The van der Waals surface area contributed by atoms with E-state index in [1.54, 1.807) is 11.1 Å². The molecule has 0 saturated heterocycles. The van der Waals surface area contributed by atoms with Gasteiger partial charge >= 0.3 is 0 Å². The second-order valence-corrected chi connectivity index (χ2v) is 9.54. The normalized spacial score (nSPS) is 11.3. The number of pyridine rings is 1. The second kappa shape index (κ2) is 20.1. The summed E-state index contributed by atoms with van der Waals surface area (Å²) in [6, 6.07) is 2.45. The molecule has 30 heavy (non-hydrogen) atoms. The van der Waals surface area contributed by atoms with E-state index in [2.05, 4.69) is 43.8 Å². The molecule has 1 heteroatoms. The molecule has 1 heterocycles. The first-order valence-electron chi connectivity index (χ1n) is 13.8. The summed E-state index contributed by atoms with van der Waals surface area (Å²) in [5.41, 5.74) is 3.28. The van der Waals surface area contributed by atoms with Crippen LogP contribution in [0.1, 0.15) is 147 Å². The van der Waals surface area contributed by atoms with Crippen LogP contribution in [0.15, 0.2) is 18.5 Å². The zero-order valence-electron chi connectivity index (χ0n) is 21.0. The minimum atomic E-state index is 1.20. The van der Waals surface area contributed by atoms with E-state index in [1.807, 2.05) is 0 Å². The standard InChI is InChI=1S/C29H54N/c1-4-7-10-13-16-19-22-28-24-26-30(25-21-18-15-12-9-6-3)27-29(28)23-20-17-14-11-8-5-2/h24,26-27H,4-23,25H2,1-3H3/q+1. The highest BCUT2D eigenvalue weighted by Gasteiger charge is 2.10. The van der Waals surface area contributed by atoms with E-state index in [0.717, 1.165) is 0 Å². The number of aromatic nitrogens is 1. The Morgan fingerprint density at radius 1 is 0.500 bits per heavy atom. The molecule has 0 spiro atoms. The molecule has 0 saturated carbocycles. The van der Waals surface area contributed by atoms with Gasteiger partial charge in [-0.1, -0.05) is 111 Å². The summed E-state index contributed by atoms with van der Waals surface area (Å²) >= 11 is 0. The van der Waals surface area contributed by atoms with Crippen LogP contribution in [0.4, 0.5) is 0 Å². The molecule has 1 aromatic rings. The van der Waals surface area contributed by atoms with Crippen molar-refractivity contribution in [2.45, 2.75) is 156 Å². The van der Waals surface area contributed by atoms with Crippen molar-refractivity contribution >= 4 is 0 Å². The Morgan fingerprint density at radius 3 is 1.47 bits per heavy atom. The summed E-state index contributed by atoms with van der Waals surface area (Å²) in [7, 11) is 0. The number of unbranched alkanes of at least 4 members (excludes halogenated alkanes) is 15. The highest BCUT2D eigenvalue weighted by Crippen LogP contribution is 2.16. The van der Waals surface area contributed by atoms with Crippen molar-refractivity contribution in [2.75, 3.05) is 0 Å². The van der Waals surface area contributed by atoms with Crippen molar-refractivity contribution in [3.63, 3.8) is 0 Å². The van der Waals surface area contributed by atoms with E-state index in [4.69, 9.17) is 0 Å². The van der Waals surface area contributed by atoms with Crippen LogP contribution in [0.25, 0.3) is 0 Å². The van der Waals surface area contributed by atoms with Crippen LogP contribution >= 0.6 is 0 Å². The minimum absolute atomic E-state index is 1.20. The van der Waals surface area contributed by atoms with Gasteiger partial charge in [0.2, 0.25) is 0 Å². The van der Waals surface area contributed by atoms with Crippen LogP contribution < -0.4 is 4.57 Å². The molecule has 174 valence electrons. The van der Waals surface area contributed by atoms with Gasteiger partial charge in [0.25, 0.3) is 0 Å². The predicted molar refractivity (Wildman–Crippen MR) is 134 cm³/mol. The van der Waals surface area contributed by atoms with Gasteiger partial charge in [0.1, 0.15) is 6.54 Å². The lowest BCUT2D eigenvalue weighted by Gasteiger charge is -2.09. The van der Waals surface area contributed by atoms with Crippen LogP contribution in [-0.4, -0.2) is 0 Å². The summed E-state index contributed by atoms with van der Waals surface area (Å²) in [5, 5.41) is 0. The highest BCUT2D eigenvalue weighted by atomic mass is 14.9. The highest BCUT2D eigenvalue weighted by molar-refractivity contribution is 5.21. The second-order valence-electron chi connectivity index (χ2n) is 9.54. The Labute approximate surface area is 190 Å². The lowest BCUT2D eigenvalue weighted by Crippen LogP contribution is -2.34. The van der Waals surface area contributed by atoms with E-state index in [-0.39, 0.29) is 0 Å². The molecular weight excluding hydrogens is 362 g/mol. The van der Waals surface area contributed by atoms with Crippen LogP contribution in [-0.2, 0) is 19.4 Å². The van der Waals surface area contributed by atoms with Crippen LogP contribution in [0.2, 0.25) is 0 Å². The smallest absolute Gasteiger partial charge is 0.172 e. The van der Waals surface area contributed by atoms with Gasteiger partial charge in [0, 0.05) is 18.1 Å². The lowest BCUT2D eigenvalue weighted by atomic mass is 9.98. The van der Waals surface area contributed by atoms with E-state index in [1.165, 1.54) is 135 Å².